The lowest BCUT2D eigenvalue weighted by atomic mass is 10.1. The number of aromatic nitrogens is 1. The number of ether oxygens (including phenoxy) is 1. The smallest absolute Gasteiger partial charge is 0.125 e. The third kappa shape index (κ3) is 3.29. The van der Waals surface area contributed by atoms with Crippen molar-refractivity contribution in [1.82, 2.24) is 4.98 Å². The van der Waals surface area contributed by atoms with Crippen molar-refractivity contribution in [3.63, 3.8) is 0 Å². The maximum atomic E-state index is 5.81. The Hall–Kier alpha value is -2.03. The number of pyridine rings is 1. The van der Waals surface area contributed by atoms with Gasteiger partial charge in [0.05, 0.1) is 6.61 Å². The number of nitrogens with zero attached hydrogens (tertiary/aromatic N) is 1. The molecule has 1 aromatic heterocycles. The van der Waals surface area contributed by atoms with E-state index in [4.69, 9.17) is 4.74 Å². The molecule has 0 atom stereocenters. The topological polar surface area (TPSA) is 34.1 Å². The van der Waals surface area contributed by atoms with Gasteiger partial charge in [0.2, 0.25) is 0 Å². The Morgan fingerprint density at radius 3 is 2.95 bits per heavy atom. The van der Waals surface area contributed by atoms with Crippen molar-refractivity contribution in [3.05, 3.63) is 53.7 Å². The summed E-state index contributed by atoms with van der Waals surface area (Å²) in [5, 5.41) is 3.28. The van der Waals surface area contributed by atoms with Crippen LogP contribution in [0.4, 0.5) is 5.82 Å². The lowest BCUT2D eigenvalue weighted by molar-refractivity contribution is 0.314. The van der Waals surface area contributed by atoms with Gasteiger partial charge in [-0.25, -0.2) is 4.98 Å². The molecule has 1 aliphatic rings. The summed E-state index contributed by atoms with van der Waals surface area (Å²) < 4.78 is 5.81. The molecule has 2 aromatic rings. The van der Waals surface area contributed by atoms with Crippen molar-refractivity contribution < 1.29 is 4.74 Å². The summed E-state index contributed by atoms with van der Waals surface area (Å²) >= 11 is 0. The summed E-state index contributed by atoms with van der Waals surface area (Å²) in [5.74, 6) is 1.92. The molecule has 1 aliphatic carbocycles. The van der Waals surface area contributed by atoms with Gasteiger partial charge >= 0.3 is 0 Å². The minimum Gasteiger partial charge on any atom is -0.494 e. The second-order valence-corrected chi connectivity index (χ2v) is 5.13. The third-order valence-electron chi connectivity index (χ3n) is 3.63. The van der Waals surface area contributed by atoms with E-state index in [0.717, 1.165) is 31.1 Å². The number of fused-ring (bicyclic) bond motifs is 1. The first-order chi connectivity index (χ1) is 9.92. The first kappa shape index (κ1) is 13.0. The molecular formula is C17H20N2O. The van der Waals surface area contributed by atoms with Crippen molar-refractivity contribution in [2.75, 3.05) is 18.5 Å². The SMILES string of the molecule is c1ccc(NCCCOc2ccc3c(c2)CCC3)nc1. The molecule has 3 nitrogen and oxygen atoms in total. The van der Waals surface area contributed by atoms with Gasteiger partial charge < -0.3 is 10.1 Å². The monoisotopic (exact) mass is 268 g/mol. The van der Waals surface area contributed by atoms with E-state index in [-0.39, 0.29) is 0 Å². The fourth-order valence-electron chi connectivity index (χ4n) is 2.58. The minimum absolute atomic E-state index is 0.735. The van der Waals surface area contributed by atoms with Crippen LogP contribution in [-0.2, 0) is 12.8 Å². The van der Waals surface area contributed by atoms with Gasteiger partial charge in [-0.1, -0.05) is 12.1 Å². The van der Waals surface area contributed by atoms with Crippen LogP contribution in [0, 0.1) is 0 Å². The average Bonchev–Trinajstić information content (AvgIpc) is 2.95. The second kappa shape index (κ2) is 6.42. The van der Waals surface area contributed by atoms with Crippen LogP contribution in [0.5, 0.6) is 5.75 Å². The Bertz CT molecular complexity index is 554. The zero-order valence-electron chi connectivity index (χ0n) is 11.6. The zero-order valence-corrected chi connectivity index (χ0v) is 11.6. The minimum atomic E-state index is 0.735. The lowest BCUT2D eigenvalue weighted by Gasteiger charge is -2.09. The van der Waals surface area contributed by atoms with Crippen LogP contribution in [0.1, 0.15) is 24.0 Å². The van der Waals surface area contributed by atoms with Crippen LogP contribution in [0.2, 0.25) is 0 Å². The number of rotatable bonds is 6. The maximum absolute atomic E-state index is 5.81. The van der Waals surface area contributed by atoms with Crippen LogP contribution >= 0.6 is 0 Å². The van der Waals surface area contributed by atoms with E-state index in [1.165, 1.54) is 30.4 Å². The molecule has 0 bridgehead atoms. The predicted molar refractivity (Wildman–Crippen MR) is 81.3 cm³/mol. The molecule has 1 heterocycles. The highest BCUT2D eigenvalue weighted by Crippen LogP contribution is 2.25. The fourth-order valence-corrected chi connectivity index (χ4v) is 2.58. The van der Waals surface area contributed by atoms with E-state index in [1.54, 1.807) is 6.20 Å². The molecule has 0 saturated carbocycles. The number of hydrogen-bond donors (Lipinski definition) is 1. The third-order valence-corrected chi connectivity index (χ3v) is 3.63. The molecule has 104 valence electrons. The van der Waals surface area contributed by atoms with Gasteiger partial charge in [0.1, 0.15) is 11.6 Å². The summed E-state index contributed by atoms with van der Waals surface area (Å²) in [6.45, 7) is 1.61. The summed E-state index contributed by atoms with van der Waals surface area (Å²) in [4.78, 5) is 4.22. The number of benzene rings is 1. The van der Waals surface area contributed by atoms with Crippen molar-refractivity contribution in [2.24, 2.45) is 0 Å². The highest BCUT2D eigenvalue weighted by molar-refractivity contribution is 5.38. The fraction of sp³-hybridized carbons (Fsp3) is 0.353. The first-order valence-electron chi connectivity index (χ1n) is 7.31. The standard InChI is InChI=1S/C17H20N2O/c1-2-10-18-17(7-1)19-11-4-12-20-16-9-8-14-5-3-6-15(14)13-16/h1-2,7-10,13H,3-6,11-12H2,(H,18,19). The number of hydrogen-bond acceptors (Lipinski definition) is 3. The normalized spacial score (nSPS) is 13.0. The predicted octanol–water partition coefficient (Wildman–Crippen LogP) is 3.45. The van der Waals surface area contributed by atoms with Crippen LogP contribution in [0.3, 0.4) is 0 Å². The molecule has 3 rings (SSSR count). The Balaban J connectivity index is 1.40. The lowest BCUT2D eigenvalue weighted by Crippen LogP contribution is -2.08. The highest BCUT2D eigenvalue weighted by atomic mass is 16.5. The molecule has 0 amide bonds. The molecule has 0 spiro atoms. The molecule has 0 saturated heterocycles. The van der Waals surface area contributed by atoms with Gasteiger partial charge in [0, 0.05) is 12.7 Å². The van der Waals surface area contributed by atoms with E-state index >= 15 is 0 Å². The molecule has 20 heavy (non-hydrogen) atoms. The first-order valence-corrected chi connectivity index (χ1v) is 7.31. The summed E-state index contributed by atoms with van der Waals surface area (Å²) in [7, 11) is 0. The van der Waals surface area contributed by atoms with E-state index in [9.17, 15) is 0 Å². The van der Waals surface area contributed by atoms with Crippen molar-refractivity contribution in [1.29, 1.82) is 0 Å². The van der Waals surface area contributed by atoms with E-state index < -0.39 is 0 Å². The molecule has 0 unspecified atom stereocenters. The van der Waals surface area contributed by atoms with Gasteiger partial charge in [-0.2, -0.15) is 0 Å². The Kier molecular flexibility index (Phi) is 4.16. The molecule has 3 heteroatoms. The van der Waals surface area contributed by atoms with E-state index in [1.807, 2.05) is 18.2 Å². The van der Waals surface area contributed by atoms with Gasteiger partial charge in [-0.05, 0) is 61.1 Å². The number of aryl methyl sites for hydroxylation is 2. The van der Waals surface area contributed by atoms with E-state index in [0.29, 0.717) is 0 Å². The van der Waals surface area contributed by atoms with Gasteiger partial charge in [-0.3, -0.25) is 0 Å². The van der Waals surface area contributed by atoms with E-state index in [2.05, 4.69) is 28.5 Å². The highest BCUT2D eigenvalue weighted by Gasteiger charge is 2.10. The summed E-state index contributed by atoms with van der Waals surface area (Å²) in [6.07, 6.45) is 6.47. The summed E-state index contributed by atoms with van der Waals surface area (Å²) in [5.41, 5.74) is 2.96. The van der Waals surface area contributed by atoms with Crippen LogP contribution in [0.15, 0.2) is 42.6 Å². The molecular weight excluding hydrogens is 248 g/mol. The maximum Gasteiger partial charge on any atom is 0.125 e. The summed E-state index contributed by atoms with van der Waals surface area (Å²) in [6, 6.07) is 12.4. The molecule has 0 radical (unpaired) electrons. The quantitative estimate of drug-likeness (QED) is 0.815. The molecule has 0 aliphatic heterocycles. The second-order valence-electron chi connectivity index (χ2n) is 5.13. The van der Waals surface area contributed by atoms with Crippen LogP contribution < -0.4 is 10.1 Å². The largest absolute Gasteiger partial charge is 0.494 e. The van der Waals surface area contributed by atoms with Crippen molar-refractivity contribution in [3.8, 4) is 5.75 Å². The van der Waals surface area contributed by atoms with Gasteiger partial charge in [-0.15, -0.1) is 0 Å². The molecule has 0 fully saturated rings. The zero-order chi connectivity index (χ0) is 13.6. The Morgan fingerprint density at radius 1 is 1.10 bits per heavy atom. The van der Waals surface area contributed by atoms with Crippen LogP contribution in [-0.4, -0.2) is 18.1 Å². The average molecular weight is 268 g/mol. The van der Waals surface area contributed by atoms with Gasteiger partial charge in [0.15, 0.2) is 0 Å². The molecule has 1 N–H and O–H groups in total. The number of nitrogens with one attached hydrogen (secondary N) is 1. The molecule has 1 aromatic carbocycles. The Morgan fingerprint density at radius 2 is 2.05 bits per heavy atom. The number of anilines is 1. The van der Waals surface area contributed by atoms with Crippen molar-refractivity contribution >= 4 is 5.82 Å². The Labute approximate surface area is 120 Å². The van der Waals surface area contributed by atoms with Crippen LogP contribution in [0.25, 0.3) is 0 Å². The van der Waals surface area contributed by atoms with Gasteiger partial charge in [0.25, 0.3) is 0 Å². The van der Waals surface area contributed by atoms with Crippen molar-refractivity contribution in [2.45, 2.75) is 25.7 Å².